The number of rotatable bonds is 3. The van der Waals surface area contributed by atoms with Gasteiger partial charge < -0.3 is 6.15 Å². The molecular formula is C6H3F8N3. The summed E-state index contributed by atoms with van der Waals surface area (Å²) in [5, 5.41) is 15.0. The molecule has 0 bridgehead atoms. The largest absolute Gasteiger partial charge is 0.400 e. The van der Waals surface area contributed by atoms with Crippen LogP contribution in [-0.4, -0.2) is 23.7 Å². The lowest BCUT2D eigenvalue weighted by molar-refractivity contribution is -0.340. The molecule has 0 aromatic rings. The minimum absolute atomic E-state index is 0. The molecule has 0 spiro atoms. The molecular weight excluding hydrogens is 266 g/mol. The molecule has 0 aliphatic rings. The lowest BCUT2D eigenvalue weighted by atomic mass is 10.0. The van der Waals surface area contributed by atoms with E-state index < -0.39 is 35.8 Å². The second kappa shape index (κ2) is 4.33. The summed E-state index contributed by atoms with van der Waals surface area (Å²) < 4.78 is 97.5. The minimum Gasteiger partial charge on any atom is -0.344 e. The summed E-state index contributed by atoms with van der Waals surface area (Å²) >= 11 is 0. The van der Waals surface area contributed by atoms with Gasteiger partial charge in [0.05, 0.1) is 0 Å². The Morgan fingerprint density at radius 2 is 0.765 bits per heavy atom. The molecule has 0 saturated heterocycles. The van der Waals surface area contributed by atoms with Gasteiger partial charge in [-0.3, -0.25) is 0 Å². The van der Waals surface area contributed by atoms with Crippen LogP contribution in [0.5, 0.6) is 0 Å². The molecule has 0 radical (unpaired) electrons. The van der Waals surface area contributed by atoms with Crippen molar-refractivity contribution < 1.29 is 35.1 Å². The molecule has 0 aromatic heterocycles. The van der Waals surface area contributed by atoms with Crippen LogP contribution < -0.4 is 6.15 Å². The highest BCUT2D eigenvalue weighted by molar-refractivity contribution is 5.16. The smallest absolute Gasteiger partial charge is 0.344 e. The van der Waals surface area contributed by atoms with Gasteiger partial charge in [0, 0.05) is 0 Å². The summed E-state index contributed by atoms with van der Waals surface area (Å²) in [6, 6.07) is -1.04. The van der Waals surface area contributed by atoms with Gasteiger partial charge in [-0.15, -0.1) is 0 Å². The zero-order valence-electron chi connectivity index (χ0n) is 7.63. The first-order valence-electron chi connectivity index (χ1n) is 3.21. The number of hydrogen-bond acceptors (Lipinski definition) is 3. The quantitative estimate of drug-likeness (QED) is 0.799. The fourth-order valence-electron chi connectivity index (χ4n) is 0.535. The van der Waals surface area contributed by atoms with Crippen LogP contribution in [0.2, 0.25) is 0 Å². The van der Waals surface area contributed by atoms with E-state index in [1.54, 1.807) is 0 Å². The van der Waals surface area contributed by atoms with Gasteiger partial charge in [0.25, 0.3) is 0 Å². The molecule has 0 heterocycles. The van der Waals surface area contributed by atoms with Crippen molar-refractivity contribution in [2.75, 3.05) is 0 Å². The number of halogens is 8. The summed E-state index contributed by atoms with van der Waals surface area (Å²) in [6.07, 6.45) is 0. The third kappa shape index (κ3) is 2.24. The van der Waals surface area contributed by atoms with Crippen molar-refractivity contribution in [2.24, 2.45) is 0 Å². The zero-order chi connectivity index (χ0) is 13.4. The predicted octanol–water partition coefficient (Wildman–Crippen LogP) is 2.74. The number of nitrogens with zero attached hydrogens (tertiary/aromatic N) is 2. The lowest BCUT2D eigenvalue weighted by Gasteiger charge is -2.30. The molecule has 0 fully saturated rings. The Balaban J connectivity index is 0. The summed E-state index contributed by atoms with van der Waals surface area (Å²) in [5.41, 5.74) is 0. The molecule has 0 unspecified atom stereocenters. The molecule has 0 saturated carbocycles. The first kappa shape index (κ1) is 17.8. The van der Waals surface area contributed by atoms with Crippen LogP contribution in [0.15, 0.2) is 0 Å². The number of alkyl halides is 8. The van der Waals surface area contributed by atoms with Gasteiger partial charge in [-0.2, -0.15) is 45.6 Å². The van der Waals surface area contributed by atoms with Crippen molar-refractivity contribution in [3.8, 4) is 12.1 Å². The van der Waals surface area contributed by atoms with Crippen LogP contribution in [0.4, 0.5) is 35.1 Å². The average molecular weight is 269 g/mol. The molecule has 11 heteroatoms. The van der Waals surface area contributed by atoms with E-state index in [1.165, 1.54) is 0 Å². The Labute approximate surface area is 88.8 Å². The Morgan fingerprint density at radius 1 is 0.588 bits per heavy atom. The van der Waals surface area contributed by atoms with Crippen LogP contribution >= 0.6 is 0 Å². The van der Waals surface area contributed by atoms with Crippen molar-refractivity contribution in [3.63, 3.8) is 0 Å². The Kier molecular flexibility index (Phi) is 4.53. The van der Waals surface area contributed by atoms with Gasteiger partial charge in [-0.25, -0.2) is 0 Å². The fraction of sp³-hybridized carbons (Fsp3) is 0.667. The minimum atomic E-state index is -6.67. The molecule has 3 nitrogen and oxygen atoms in total. The van der Waals surface area contributed by atoms with Gasteiger partial charge in [0.2, 0.25) is 0 Å². The van der Waals surface area contributed by atoms with Crippen molar-refractivity contribution in [3.05, 3.63) is 0 Å². The topological polar surface area (TPSA) is 82.6 Å². The molecule has 0 aliphatic carbocycles. The van der Waals surface area contributed by atoms with E-state index in [0.29, 0.717) is 0 Å². The third-order valence-corrected chi connectivity index (χ3v) is 1.46. The third-order valence-electron chi connectivity index (χ3n) is 1.46. The van der Waals surface area contributed by atoms with Crippen molar-refractivity contribution in [1.29, 1.82) is 10.5 Å². The monoisotopic (exact) mass is 269 g/mol. The van der Waals surface area contributed by atoms with Gasteiger partial charge >= 0.3 is 23.7 Å². The van der Waals surface area contributed by atoms with E-state index in [1.807, 2.05) is 0 Å². The Morgan fingerprint density at radius 3 is 0.882 bits per heavy atom. The van der Waals surface area contributed by atoms with Crippen LogP contribution in [-0.2, 0) is 0 Å². The Hall–Kier alpha value is -1.62. The highest BCUT2D eigenvalue weighted by Gasteiger charge is 2.81. The average Bonchev–Trinajstić information content (AvgIpc) is 2.16. The molecule has 3 N–H and O–H groups in total. The first-order valence-corrected chi connectivity index (χ1v) is 3.21. The van der Waals surface area contributed by atoms with Crippen molar-refractivity contribution in [1.82, 2.24) is 6.15 Å². The van der Waals surface area contributed by atoms with Crippen LogP contribution in [0.3, 0.4) is 0 Å². The summed E-state index contributed by atoms with van der Waals surface area (Å²) in [7, 11) is 0. The van der Waals surface area contributed by atoms with E-state index in [0.717, 1.165) is 0 Å². The van der Waals surface area contributed by atoms with Gasteiger partial charge in [0.1, 0.15) is 12.1 Å². The second-order valence-corrected chi connectivity index (χ2v) is 2.52. The molecule has 0 atom stereocenters. The van der Waals surface area contributed by atoms with Crippen LogP contribution in [0.25, 0.3) is 0 Å². The van der Waals surface area contributed by atoms with E-state index >= 15 is 0 Å². The fourth-order valence-corrected chi connectivity index (χ4v) is 0.535. The molecule has 0 aliphatic heterocycles. The molecule has 98 valence electrons. The van der Waals surface area contributed by atoms with Gasteiger partial charge in [-0.1, -0.05) is 0 Å². The standard InChI is InChI=1S/C6F8N2.H3N/c7-3(8,1-15)5(11,12)6(13,14)4(9,10)2-16;/h;1H3. The normalized spacial score (nSPS) is 13.3. The highest BCUT2D eigenvalue weighted by atomic mass is 19.4. The van der Waals surface area contributed by atoms with Crippen LogP contribution in [0.1, 0.15) is 0 Å². The highest BCUT2D eigenvalue weighted by Crippen LogP contribution is 2.51. The molecule has 0 amide bonds. The van der Waals surface area contributed by atoms with Crippen molar-refractivity contribution in [2.45, 2.75) is 23.7 Å². The van der Waals surface area contributed by atoms with Gasteiger partial charge in [0.15, 0.2) is 0 Å². The van der Waals surface area contributed by atoms with Gasteiger partial charge in [-0.05, 0) is 0 Å². The van der Waals surface area contributed by atoms with E-state index in [9.17, 15) is 35.1 Å². The first-order chi connectivity index (χ1) is 6.87. The number of hydrogen-bond donors (Lipinski definition) is 1. The van der Waals surface area contributed by atoms with E-state index in [4.69, 9.17) is 10.5 Å². The van der Waals surface area contributed by atoms with Crippen LogP contribution in [0, 0.1) is 22.7 Å². The maximum Gasteiger partial charge on any atom is 0.400 e. The Bertz CT molecular complexity index is 326. The SMILES string of the molecule is N.N#CC(F)(F)C(F)(F)C(F)(F)C(F)(F)C#N. The summed E-state index contributed by atoms with van der Waals surface area (Å²) in [5.74, 6) is -25.4. The lowest BCUT2D eigenvalue weighted by Crippen LogP contribution is -2.61. The summed E-state index contributed by atoms with van der Waals surface area (Å²) in [4.78, 5) is 0. The molecule has 17 heavy (non-hydrogen) atoms. The predicted molar refractivity (Wildman–Crippen MR) is 36.0 cm³/mol. The number of nitriles is 2. The van der Waals surface area contributed by atoms with E-state index in [-0.39, 0.29) is 6.15 Å². The molecule has 0 aromatic carbocycles. The summed E-state index contributed by atoms with van der Waals surface area (Å²) in [6.45, 7) is 0. The maximum atomic E-state index is 12.3. The van der Waals surface area contributed by atoms with Crippen molar-refractivity contribution >= 4 is 0 Å². The van der Waals surface area contributed by atoms with E-state index in [2.05, 4.69) is 0 Å². The second-order valence-electron chi connectivity index (χ2n) is 2.52. The zero-order valence-corrected chi connectivity index (χ0v) is 7.63. The maximum absolute atomic E-state index is 12.3. The molecule has 0 rings (SSSR count).